The Labute approximate surface area is 112 Å². The van der Waals surface area contributed by atoms with Gasteiger partial charge in [0.15, 0.2) is 0 Å². The van der Waals surface area contributed by atoms with E-state index < -0.39 is 5.97 Å². The Morgan fingerprint density at radius 3 is 2.79 bits per heavy atom. The van der Waals surface area contributed by atoms with Gasteiger partial charge >= 0.3 is 12.0 Å². The maximum absolute atomic E-state index is 11.8. The lowest BCUT2D eigenvalue weighted by molar-refractivity contribution is 0.0696. The Kier molecular flexibility index (Phi) is 5.29. The number of rotatable bonds is 5. The summed E-state index contributed by atoms with van der Waals surface area (Å²) < 4.78 is 0. The fourth-order valence-corrected chi connectivity index (χ4v) is 1.47. The molecule has 0 aliphatic rings. The molecule has 0 aliphatic carbocycles. The van der Waals surface area contributed by atoms with Crippen LogP contribution in [0.25, 0.3) is 0 Å². The molecule has 1 heterocycles. The molecule has 6 heteroatoms. The first-order chi connectivity index (χ1) is 8.95. The van der Waals surface area contributed by atoms with E-state index >= 15 is 0 Å². The van der Waals surface area contributed by atoms with Crippen molar-refractivity contribution in [3.8, 4) is 0 Å². The molecule has 0 aliphatic heterocycles. The molecule has 0 radical (unpaired) electrons. The molecule has 0 spiro atoms. The van der Waals surface area contributed by atoms with Gasteiger partial charge < -0.3 is 15.3 Å². The number of carbonyl (C=O) groups excluding carboxylic acids is 1. The third-order valence-corrected chi connectivity index (χ3v) is 3.06. The summed E-state index contributed by atoms with van der Waals surface area (Å²) in [4.78, 5) is 28.2. The molecule has 104 valence electrons. The molecule has 1 aromatic heterocycles. The van der Waals surface area contributed by atoms with Gasteiger partial charge in [-0.15, -0.1) is 0 Å². The first kappa shape index (κ1) is 14.9. The highest BCUT2D eigenvalue weighted by atomic mass is 16.4. The number of nitrogens with zero attached hydrogens (tertiary/aromatic N) is 2. The highest BCUT2D eigenvalue weighted by Crippen LogP contribution is 2.03. The van der Waals surface area contributed by atoms with E-state index in [9.17, 15) is 9.59 Å². The van der Waals surface area contributed by atoms with Gasteiger partial charge in [0, 0.05) is 19.3 Å². The van der Waals surface area contributed by atoms with E-state index in [2.05, 4.69) is 10.3 Å². The molecule has 1 unspecified atom stereocenters. The van der Waals surface area contributed by atoms with Gasteiger partial charge in [0.05, 0.1) is 17.8 Å². The molecule has 0 fully saturated rings. The van der Waals surface area contributed by atoms with Gasteiger partial charge in [0.25, 0.3) is 0 Å². The molecule has 1 rings (SSSR count). The van der Waals surface area contributed by atoms with E-state index in [1.807, 2.05) is 13.8 Å². The lowest BCUT2D eigenvalue weighted by Gasteiger charge is -2.23. The van der Waals surface area contributed by atoms with Crippen LogP contribution in [0.1, 0.15) is 36.3 Å². The van der Waals surface area contributed by atoms with Crippen LogP contribution in [0.5, 0.6) is 0 Å². The largest absolute Gasteiger partial charge is 0.478 e. The Morgan fingerprint density at radius 1 is 1.53 bits per heavy atom. The zero-order valence-corrected chi connectivity index (χ0v) is 11.4. The van der Waals surface area contributed by atoms with E-state index in [0.717, 1.165) is 6.42 Å². The number of carboxylic acids is 1. The predicted octanol–water partition coefficient (Wildman–Crippen LogP) is 1.72. The molecule has 0 saturated heterocycles. The summed E-state index contributed by atoms with van der Waals surface area (Å²) in [5.74, 6) is -1.01. The number of hydrogen-bond donors (Lipinski definition) is 2. The van der Waals surface area contributed by atoms with Crippen LogP contribution < -0.4 is 5.32 Å². The van der Waals surface area contributed by atoms with Crippen molar-refractivity contribution < 1.29 is 14.7 Å². The minimum absolute atomic E-state index is 0.151. The second-order valence-corrected chi connectivity index (χ2v) is 4.37. The second kappa shape index (κ2) is 6.72. The van der Waals surface area contributed by atoms with Gasteiger partial charge in [-0.1, -0.05) is 6.92 Å². The number of aromatic nitrogens is 1. The quantitative estimate of drug-likeness (QED) is 0.849. The van der Waals surface area contributed by atoms with Crippen molar-refractivity contribution in [2.24, 2.45) is 0 Å². The zero-order valence-electron chi connectivity index (χ0n) is 11.4. The van der Waals surface area contributed by atoms with Crippen molar-refractivity contribution >= 4 is 12.0 Å². The molecule has 1 atom stereocenters. The van der Waals surface area contributed by atoms with Gasteiger partial charge in [0.1, 0.15) is 0 Å². The average molecular weight is 265 g/mol. The molecule has 2 N–H and O–H groups in total. The Balaban J connectivity index is 2.59. The van der Waals surface area contributed by atoms with Gasteiger partial charge in [-0.2, -0.15) is 0 Å². The van der Waals surface area contributed by atoms with E-state index in [0.29, 0.717) is 5.69 Å². The van der Waals surface area contributed by atoms with E-state index in [1.54, 1.807) is 11.9 Å². The maximum atomic E-state index is 11.8. The van der Waals surface area contributed by atoms with Crippen LogP contribution in [0.15, 0.2) is 18.3 Å². The molecule has 1 aromatic rings. The van der Waals surface area contributed by atoms with Crippen LogP contribution >= 0.6 is 0 Å². The third kappa shape index (κ3) is 4.24. The molecule has 0 bridgehead atoms. The lowest BCUT2D eigenvalue weighted by Crippen LogP contribution is -2.41. The number of carbonyl (C=O) groups is 2. The van der Waals surface area contributed by atoms with Crippen LogP contribution in [0.3, 0.4) is 0 Å². The summed E-state index contributed by atoms with van der Waals surface area (Å²) in [6, 6.07) is 2.82. The van der Waals surface area contributed by atoms with Crippen molar-refractivity contribution in [1.29, 1.82) is 0 Å². The summed E-state index contributed by atoms with van der Waals surface area (Å²) in [5.41, 5.74) is 0.681. The second-order valence-electron chi connectivity index (χ2n) is 4.37. The fourth-order valence-electron chi connectivity index (χ4n) is 1.47. The van der Waals surface area contributed by atoms with Crippen molar-refractivity contribution in [3.05, 3.63) is 29.6 Å². The zero-order chi connectivity index (χ0) is 14.4. The highest BCUT2D eigenvalue weighted by Gasteiger charge is 2.13. The van der Waals surface area contributed by atoms with Crippen molar-refractivity contribution in [3.63, 3.8) is 0 Å². The monoisotopic (exact) mass is 265 g/mol. The van der Waals surface area contributed by atoms with E-state index in [-0.39, 0.29) is 24.2 Å². The first-order valence-electron chi connectivity index (χ1n) is 6.14. The fraction of sp³-hybridized carbons (Fsp3) is 0.462. The molecule has 19 heavy (non-hydrogen) atoms. The molecular weight excluding hydrogens is 246 g/mol. The van der Waals surface area contributed by atoms with Gasteiger partial charge in [-0.25, -0.2) is 9.59 Å². The number of carboxylic acid groups (broad SMARTS) is 1. The molecular formula is C13H19N3O3. The summed E-state index contributed by atoms with van der Waals surface area (Å²) in [6.45, 7) is 4.18. The summed E-state index contributed by atoms with van der Waals surface area (Å²) in [5, 5.41) is 11.6. The predicted molar refractivity (Wildman–Crippen MR) is 70.9 cm³/mol. The number of amides is 2. The number of nitrogens with one attached hydrogen (secondary N) is 1. The van der Waals surface area contributed by atoms with Gasteiger partial charge in [-0.05, 0) is 25.5 Å². The molecule has 2 amide bonds. The smallest absolute Gasteiger partial charge is 0.335 e. The summed E-state index contributed by atoms with van der Waals surface area (Å²) in [6.07, 6.45) is 2.29. The number of aromatic carboxylic acids is 1. The molecule has 6 nitrogen and oxygen atoms in total. The van der Waals surface area contributed by atoms with Gasteiger partial charge in [0.2, 0.25) is 0 Å². The van der Waals surface area contributed by atoms with Crippen LogP contribution in [0.2, 0.25) is 0 Å². The SMILES string of the molecule is CCC(C)N(C)C(=O)NCc1cc(C(=O)O)ccn1. The molecule has 0 aromatic carbocycles. The normalized spacial score (nSPS) is 11.7. The minimum atomic E-state index is -1.01. The van der Waals surface area contributed by atoms with Crippen LogP contribution in [0.4, 0.5) is 4.79 Å². The summed E-state index contributed by atoms with van der Waals surface area (Å²) >= 11 is 0. The standard InChI is InChI=1S/C13H19N3O3/c1-4-9(2)16(3)13(19)15-8-11-7-10(12(17)18)5-6-14-11/h5-7,9H,4,8H2,1-3H3,(H,15,19)(H,17,18). The Hall–Kier alpha value is -2.11. The number of pyridine rings is 1. The van der Waals surface area contributed by atoms with E-state index in [4.69, 9.17) is 5.11 Å². The maximum Gasteiger partial charge on any atom is 0.335 e. The Morgan fingerprint density at radius 2 is 2.21 bits per heavy atom. The topological polar surface area (TPSA) is 82.5 Å². The lowest BCUT2D eigenvalue weighted by atomic mass is 10.2. The summed E-state index contributed by atoms with van der Waals surface area (Å²) in [7, 11) is 1.73. The van der Waals surface area contributed by atoms with E-state index in [1.165, 1.54) is 18.3 Å². The van der Waals surface area contributed by atoms with Crippen molar-refractivity contribution in [2.75, 3.05) is 7.05 Å². The molecule has 0 saturated carbocycles. The highest BCUT2D eigenvalue weighted by molar-refractivity contribution is 5.87. The number of hydrogen-bond acceptors (Lipinski definition) is 3. The van der Waals surface area contributed by atoms with Crippen molar-refractivity contribution in [2.45, 2.75) is 32.9 Å². The third-order valence-electron chi connectivity index (χ3n) is 3.06. The van der Waals surface area contributed by atoms with Crippen molar-refractivity contribution in [1.82, 2.24) is 15.2 Å². The number of urea groups is 1. The van der Waals surface area contributed by atoms with Gasteiger partial charge in [-0.3, -0.25) is 4.98 Å². The first-order valence-corrected chi connectivity index (χ1v) is 6.14. The average Bonchev–Trinajstić information content (AvgIpc) is 2.43. The minimum Gasteiger partial charge on any atom is -0.478 e. The Bertz CT molecular complexity index is 462. The van der Waals surface area contributed by atoms with Crippen LogP contribution in [-0.2, 0) is 6.54 Å². The van der Waals surface area contributed by atoms with Crippen LogP contribution in [-0.4, -0.2) is 40.1 Å². The van der Waals surface area contributed by atoms with Crippen LogP contribution in [0, 0.1) is 0 Å².